The molecule has 3 unspecified atom stereocenters. The molecule has 0 radical (unpaired) electrons. The predicted molar refractivity (Wildman–Crippen MR) is 66.4 cm³/mol. The van der Waals surface area contributed by atoms with E-state index in [1.54, 1.807) is 7.11 Å². The SMILES string of the molecule is COc1ccc2c(c1)C1(N)C(=O)C3N(C)CC31C2. The van der Waals surface area contributed by atoms with Gasteiger partial charge in [-0.15, -0.1) is 0 Å². The molecule has 1 spiro atoms. The molecule has 0 bridgehead atoms. The Morgan fingerprint density at radius 1 is 1.50 bits per heavy atom. The fourth-order valence-electron chi connectivity index (χ4n) is 4.34. The molecule has 0 aromatic heterocycles. The topological polar surface area (TPSA) is 55.6 Å². The van der Waals surface area contributed by atoms with Crippen molar-refractivity contribution in [2.24, 2.45) is 11.1 Å². The summed E-state index contributed by atoms with van der Waals surface area (Å²) in [5, 5.41) is 0. The Balaban J connectivity index is 1.89. The lowest BCUT2D eigenvalue weighted by molar-refractivity contribution is -0.197. The van der Waals surface area contributed by atoms with Crippen molar-refractivity contribution in [2.75, 3.05) is 20.7 Å². The number of likely N-dealkylation sites (N-methyl/N-ethyl adjacent to an activating group) is 1. The number of nitrogens with zero attached hydrogens (tertiary/aromatic N) is 1. The normalized spacial score (nSPS) is 40.4. The van der Waals surface area contributed by atoms with Crippen LogP contribution < -0.4 is 10.5 Å². The standard InChI is InChI=1S/C14H16N2O2/c1-16-7-13-6-8-3-4-9(18-2)5-10(8)14(13,15)12(17)11(13)16/h3-5,11H,6-7,15H2,1-2H3. The Morgan fingerprint density at radius 3 is 2.94 bits per heavy atom. The molecule has 4 nitrogen and oxygen atoms in total. The molecule has 2 aliphatic carbocycles. The van der Waals surface area contributed by atoms with Crippen LogP contribution in [-0.2, 0) is 16.8 Å². The van der Waals surface area contributed by atoms with Crippen molar-refractivity contribution in [3.63, 3.8) is 0 Å². The number of benzene rings is 1. The van der Waals surface area contributed by atoms with E-state index in [4.69, 9.17) is 10.5 Å². The summed E-state index contributed by atoms with van der Waals surface area (Å²) in [6, 6.07) is 5.97. The van der Waals surface area contributed by atoms with Gasteiger partial charge in [-0.25, -0.2) is 0 Å². The molecule has 3 aliphatic rings. The molecule has 2 fully saturated rings. The smallest absolute Gasteiger partial charge is 0.175 e. The third-order valence-corrected chi connectivity index (χ3v) is 5.17. The zero-order chi connectivity index (χ0) is 12.7. The van der Waals surface area contributed by atoms with E-state index in [2.05, 4.69) is 11.0 Å². The molecule has 2 N–H and O–H groups in total. The molecule has 1 aliphatic heterocycles. The Labute approximate surface area is 106 Å². The second-order valence-electron chi connectivity index (χ2n) is 5.85. The van der Waals surface area contributed by atoms with Crippen LogP contribution in [0.15, 0.2) is 18.2 Å². The highest BCUT2D eigenvalue weighted by molar-refractivity contribution is 6.06. The van der Waals surface area contributed by atoms with Crippen LogP contribution in [0.25, 0.3) is 0 Å². The van der Waals surface area contributed by atoms with Crippen molar-refractivity contribution in [1.29, 1.82) is 0 Å². The van der Waals surface area contributed by atoms with Crippen molar-refractivity contribution >= 4 is 5.78 Å². The number of methoxy groups -OCH3 is 1. The van der Waals surface area contributed by atoms with Gasteiger partial charge in [-0.05, 0) is 36.7 Å². The maximum atomic E-state index is 12.4. The molecule has 3 atom stereocenters. The maximum absolute atomic E-state index is 12.4. The Hall–Kier alpha value is -1.39. The van der Waals surface area contributed by atoms with Crippen molar-refractivity contribution in [1.82, 2.24) is 4.90 Å². The highest BCUT2D eigenvalue weighted by Crippen LogP contribution is 2.66. The van der Waals surface area contributed by atoms with Gasteiger partial charge < -0.3 is 10.5 Å². The summed E-state index contributed by atoms with van der Waals surface area (Å²) in [4.78, 5) is 14.5. The summed E-state index contributed by atoms with van der Waals surface area (Å²) in [6.07, 6.45) is 0.920. The second kappa shape index (κ2) is 2.78. The number of hydrogen-bond acceptors (Lipinski definition) is 4. The van der Waals surface area contributed by atoms with Crippen LogP contribution in [0.1, 0.15) is 11.1 Å². The monoisotopic (exact) mass is 244 g/mol. The summed E-state index contributed by atoms with van der Waals surface area (Å²) >= 11 is 0. The molecule has 1 saturated carbocycles. The number of ether oxygens (including phenoxy) is 1. The first-order chi connectivity index (χ1) is 8.54. The van der Waals surface area contributed by atoms with E-state index in [0.717, 1.165) is 24.3 Å². The van der Waals surface area contributed by atoms with Gasteiger partial charge in [-0.2, -0.15) is 0 Å². The van der Waals surface area contributed by atoms with Crippen LogP contribution >= 0.6 is 0 Å². The van der Waals surface area contributed by atoms with Crippen LogP contribution in [0.4, 0.5) is 0 Å². The van der Waals surface area contributed by atoms with Crippen LogP contribution in [0, 0.1) is 5.41 Å². The summed E-state index contributed by atoms with van der Waals surface area (Å²) < 4.78 is 5.25. The van der Waals surface area contributed by atoms with Crippen molar-refractivity contribution in [3.8, 4) is 5.75 Å². The van der Waals surface area contributed by atoms with E-state index >= 15 is 0 Å². The maximum Gasteiger partial charge on any atom is 0.175 e. The molecule has 18 heavy (non-hydrogen) atoms. The van der Waals surface area contributed by atoms with Gasteiger partial charge in [0.25, 0.3) is 0 Å². The average molecular weight is 244 g/mol. The average Bonchev–Trinajstić information content (AvgIpc) is 2.59. The predicted octanol–water partition coefficient (Wildman–Crippen LogP) is 0.288. The van der Waals surface area contributed by atoms with Gasteiger partial charge in [-0.1, -0.05) is 6.07 Å². The van der Waals surface area contributed by atoms with E-state index in [-0.39, 0.29) is 17.2 Å². The zero-order valence-corrected chi connectivity index (χ0v) is 10.6. The summed E-state index contributed by atoms with van der Waals surface area (Å²) in [6.45, 7) is 0.914. The molecule has 1 aromatic carbocycles. The van der Waals surface area contributed by atoms with Crippen molar-refractivity contribution < 1.29 is 9.53 Å². The molecule has 4 rings (SSSR count). The van der Waals surface area contributed by atoms with Crippen LogP contribution in [0.5, 0.6) is 5.75 Å². The Bertz CT molecular complexity index is 585. The second-order valence-corrected chi connectivity index (χ2v) is 5.85. The minimum atomic E-state index is -0.770. The number of likely N-dealkylation sites (tertiary alicyclic amines) is 1. The first kappa shape index (κ1) is 10.5. The number of rotatable bonds is 1. The third-order valence-electron chi connectivity index (χ3n) is 5.17. The van der Waals surface area contributed by atoms with Crippen molar-refractivity contribution in [2.45, 2.75) is 18.0 Å². The molecule has 4 heteroatoms. The fourth-order valence-corrected chi connectivity index (χ4v) is 4.34. The number of carbonyl (C=O) groups is 1. The van der Waals surface area contributed by atoms with Gasteiger partial charge >= 0.3 is 0 Å². The quantitative estimate of drug-likeness (QED) is 0.771. The van der Waals surface area contributed by atoms with Gasteiger partial charge in [0.2, 0.25) is 0 Å². The molecule has 1 heterocycles. The highest BCUT2D eigenvalue weighted by Gasteiger charge is 2.80. The number of ketones is 1. The number of fused-ring (bicyclic) bond motifs is 2. The third kappa shape index (κ3) is 0.788. The fraction of sp³-hybridized carbons (Fsp3) is 0.500. The van der Waals surface area contributed by atoms with E-state index < -0.39 is 5.54 Å². The summed E-state index contributed by atoms with van der Waals surface area (Å²) in [7, 11) is 3.63. The number of carbonyl (C=O) groups excluding carboxylic acids is 1. The molecule has 1 saturated heterocycles. The van der Waals surface area contributed by atoms with Crippen molar-refractivity contribution in [3.05, 3.63) is 29.3 Å². The minimum absolute atomic E-state index is 0.0286. The van der Waals surface area contributed by atoms with E-state index in [0.29, 0.717) is 0 Å². The lowest BCUT2D eigenvalue weighted by Crippen LogP contribution is -2.88. The molecular weight excluding hydrogens is 228 g/mol. The first-order valence-electron chi connectivity index (χ1n) is 6.25. The summed E-state index contributed by atoms with van der Waals surface area (Å²) in [5.74, 6) is 0.947. The molecule has 1 aromatic rings. The number of nitrogens with two attached hydrogens (primary N) is 1. The van der Waals surface area contributed by atoms with Gasteiger partial charge in [0.15, 0.2) is 5.78 Å². The summed E-state index contributed by atoms with van der Waals surface area (Å²) in [5.41, 5.74) is 7.87. The van der Waals surface area contributed by atoms with Crippen LogP contribution in [0.3, 0.4) is 0 Å². The lowest BCUT2D eigenvalue weighted by atomic mass is 9.46. The first-order valence-corrected chi connectivity index (χ1v) is 6.25. The highest BCUT2D eigenvalue weighted by atomic mass is 16.5. The van der Waals surface area contributed by atoms with E-state index in [9.17, 15) is 4.79 Å². The molecular formula is C14H16N2O2. The van der Waals surface area contributed by atoms with E-state index in [1.165, 1.54) is 5.56 Å². The van der Waals surface area contributed by atoms with E-state index in [1.807, 2.05) is 19.2 Å². The number of piperidine rings is 1. The lowest BCUT2D eigenvalue weighted by Gasteiger charge is -2.69. The molecule has 0 amide bonds. The Morgan fingerprint density at radius 2 is 2.28 bits per heavy atom. The minimum Gasteiger partial charge on any atom is -0.497 e. The zero-order valence-electron chi connectivity index (χ0n) is 10.6. The van der Waals surface area contributed by atoms with Crippen LogP contribution in [-0.4, -0.2) is 37.4 Å². The van der Waals surface area contributed by atoms with Gasteiger partial charge in [-0.3, -0.25) is 9.69 Å². The molecule has 94 valence electrons. The van der Waals surface area contributed by atoms with Crippen LogP contribution in [0.2, 0.25) is 0 Å². The number of Topliss-reactive ketones (excluding diaryl/α,β-unsaturated/α-hetero) is 1. The largest absolute Gasteiger partial charge is 0.497 e. The van der Waals surface area contributed by atoms with Gasteiger partial charge in [0.1, 0.15) is 11.3 Å². The van der Waals surface area contributed by atoms with Gasteiger partial charge in [0, 0.05) is 12.0 Å². The van der Waals surface area contributed by atoms with Gasteiger partial charge in [0.05, 0.1) is 13.2 Å². The Kier molecular flexibility index (Phi) is 1.63. The number of hydrogen-bond donors (Lipinski definition) is 1.